The molecule has 3 aromatic carbocycles. The van der Waals surface area contributed by atoms with E-state index < -0.39 is 48.9 Å². The fourth-order valence-corrected chi connectivity index (χ4v) is 10.1. The molecule has 0 unspecified atom stereocenters. The lowest BCUT2D eigenvalue weighted by molar-refractivity contribution is -0.387. The number of primary amides is 1. The number of nitro groups is 1. The molecule has 1 aromatic heterocycles. The number of nitro benzene ring substituents is 1. The minimum Gasteiger partial charge on any atom is -0.455 e. The van der Waals surface area contributed by atoms with E-state index in [0.717, 1.165) is 66.8 Å². The van der Waals surface area contributed by atoms with Gasteiger partial charge in [-0.15, -0.1) is 0 Å². The molecule has 0 spiro atoms. The van der Waals surface area contributed by atoms with E-state index in [1.807, 2.05) is 29.2 Å². The molecule has 14 nitrogen and oxygen atoms in total. The van der Waals surface area contributed by atoms with Crippen molar-refractivity contribution in [2.75, 3.05) is 68.0 Å². The number of nitrogens with zero attached hydrogens (tertiary/aromatic N) is 3. The molecule has 7 rings (SSSR count). The van der Waals surface area contributed by atoms with Crippen LogP contribution in [0.25, 0.3) is 5.57 Å². The van der Waals surface area contributed by atoms with Crippen LogP contribution in [0.2, 0.25) is 5.02 Å². The van der Waals surface area contributed by atoms with Crippen LogP contribution >= 0.6 is 11.6 Å². The van der Waals surface area contributed by atoms with Gasteiger partial charge in [-0.25, -0.2) is 13.4 Å². The first-order valence-corrected chi connectivity index (χ1v) is 23.0. The molecule has 64 heavy (non-hydrogen) atoms. The number of pyridine rings is 1. The van der Waals surface area contributed by atoms with E-state index in [4.69, 9.17) is 26.8 Å². The van der Waals surface area contributed by atoms with Gasteiger partial charge in [0.15, 0.2) is 4.90 Å². The van der Waals surface area contributed by atoms with Gasteiger partial charge in [0.1, 0.15) is 29.5 Å². The highest BCUT2D eigenvalue weighted by atomic mass is 35.5. The number of amides is 1. The fourth-order valence-electron chi connectivity index (χ4n) is 8.46. The summed E-state index contributed by atoms with van der Waals surface area (Å²) >= 11 is 6.32. The number of nitrogens with one attached hydrogen (secondary N) is 3. The number of ether oxygens (including phenoxy) is 2. The molecule has 0 bridgehead atoms. The van der Waals surface area contributed by atoms with E-state index in [2.05, 4.69) is 34.8 Å². The molecule has 0 atom stereocenters. The van der Waals surface area contributed by atoms with Crippen LogP contribution in [0.5, 0.6) is 11.5 Å². The number of piperazine rings is 1. The molecular formula is C45H51ClF3N7O7S. The van der Waals surface area contributed by atoms with Crippen molar-refractivity contribution in [3.63, 3.8) is 0 Å². The largest absolute Gasteiger partial charge is 0.455 e. The summed E-state index contributed by atoms with van der Waals surface area (Å²) in [6.45, 7) is 6.51. The summed E-state index contributed by atoms with van der Waals surface area (Å²) in [5.41, 5.74) is 9.25. The second-order valence-corrected chi connectivity index (χ2v) is 19.5. The van der Waals surface area contributed by atoms with Crippen LogP contribution in [0.15, 0.2) is 82.2 Å². The van der Waals surface area contributed by atoms with Crippen LogP contribution in [0, 0.1) is 21.4 Å². The van der Waals surface area contributed by atoms with Crippen molar-refractivity contribution in [1.82, 2.24) is 10.3 Å². The van der Waals surface area contributed by atoms with Crippen LogP contribution in [-0.4, -0.2) is 82.9 Å². The molecule has 3 aliphatic rings. The van der Waals surface area contributed by atoms with Gasteiger partial charge in [0.2, 0.25) is 9.84 Å². The van der Waals surface area contributed by atoms with E-state index in [9.17, 15) is 28.1 Å². The maximum atomic E-state index is 15.2. The molecular weight excluding hydrogens is 875 g/mol. The first-order chi connectivity index (χ1) is 30.4. The van der Waals surface area contributed by atoms with Crippen molar-refractivity contribution in [2.45, 2.75) is 68.3 Å². The molecule has 342 valence electrons. The summed E-state index contributed by atoms with van der Waals surface area (Å²) in [6, 6.07) is 14.9. The molecule has 2 saturated heterocycles. The first-order valence-electron chi connectivity index (χ1n) is 21.1. The number of rotatable bonds is 15. The van der Waals surface area contributed by atoms with Crippen molar-refractivity contribution in [3.05, 3.63) is 104 Å². The average molecular weight is 926 g/mol. The molecule has 0 saturated carbocycles. The minimum atomic E-state index is -4.79. The number of anilines is 3. The Morgan fingerprint density at radius 1 is 1.08 bits per heavy atom. The predicted molar refractivity (Wildman–Crippen MR) is 239 cm³/mol. The van der Waals surface area contributed by atoms with Crippen molar-refractivity contribution in [1.29, 1.82) is 0 Å². The third-order valence-electron chi connectivity index (χ3n) is 11.9. The van der Waals surface area contributed by atoms with Gasteiger partial charge < -0.3 is 36.1 Å². The fraction of sp³-hybridized carbons (Fsp3) is 0.422. The number of hydrogen-bond acceptors (Lipinski definition) is 12. The van der Waals surface area contributed by atoms with E-state index in [0.29, 0.717) is 75.1 Å². The van der Waals surface area contributed by atoms with E-state index in [-0.39, 0.29) is 39.9 Å². The number of halogens is 4. The highest BCUT2D eigenvalue weighted by Gasteiger charge is 2.39. The van der Waals surface area contributed by atoms with E-state index in [1.165, 1.54) is 18.2 Å². The van der Waals surface area contributed by atoms with Crippen LogP contribution < -0.4 is 31.3 Å². The predicted octanol–water partition coefficient (Wildman–Crippen LogP) is 8.80. The Morgan fingerprint density at radius 3 is 2.44 bits per heavy atom. The Bertz CT molecular complexity index is 2510. The summed E-state index contributed by atoms with van der Waals surface area (Å²) in [5, 5.41) is 23.2. The zero-order chi connectivity index (χ0) is 45.8. The lowest BCUT2D eigenvalue weighted by Crippen LogP contribution is -2.44. The van der Waals surface area contributed by atoms with Crippen LogP contribution in [0.1, 0.15) is 67.4 Å². The van der Waals surface area contributed by atoms with Crippen molar-refractivity contribution < 1.29 is 40.8 Å². The van der Waals surface area contributed by atoms with Gasteiger partial charge in [-0.05, 0) is 109 Å². The van der Waals surface area contributed by atoms with Crippen molar-refractivity contribution in [2.24, 2.45) is 17.1 Å². The standard InChI is InChI=1S/C45H51ClF3N7O7S/c1-44(2)14-11-30(36(24-44)29-3-5-32(46)6-4-29)21-31-22-38(41(56(58)59)42(55-17-15-51-16-18-55)40(31)53-25-28-12-19-62-20-13-28)64(60,61)34-8-9-35(43(50)57)37(23-34)63-33-7-10-39(52-26-33)54-27-45(47,48)49/h3-10,22-23,26,28,51,53H,11-21,24-25,27H2,1-2H3,(H2,50,57)(H,52,54). The summed E-state index contributed by atoms with van der Waals surface area (Å²) < 4.78 is 80.2. The summed E-state index contributed by atoms with van der Waals surface area (Å²) in [7, 11) is -4.79. The quantitative estimate of drug-likeness (QED) is 0.0656. The molecule has 5 N–H and O–H groups in total. The second kappa shape index (κ2) is 19.4. The Hall–Kier alpha value is -5.43. The number of aromatic nitrogens is 1. The maximum absolute atomic E-state index is 15.2. The monoisotopic (exact) mass is 925 g/mol. The number of nitrogens with two attached hydrogens (primary N) is 1. The molecule has 3 heterocycles. The number of benzene rings is 3. The highest BCUT2D eigenvalue weighted by Crippen LogP contribution is 2.49. The third-order valence-corrected chi connectivity index (χ3v) is 13.9. The number of carbonyl (C=O) groups is 1. The zero-order valence-corrected chi connectivity index (χ0v) is 37.1. The smallest absolute Gasteiger partial charge is 0.405 e. The molecule has 0 radical (unpaired) electrons. The first kappa shape index (κ1) is 46.6. The number of sulfone groups is 1. The second-order valence-electron chi connectivity index (χ2n) is 17.1. The maximum Gasteiger partial charge on any atom is 0.405 e. The van der Waals surface area contributed by atoms with Gasteiger partial charge >= 0.3 is 11.9 Å². The third kappa shape index (κ3) is 11.1. The number of hydrogen-bond donors (Lipinski definition) is 4. The van der Waals surface area contributed by atoms with Crippen LogP contribution in [0.4, 0.5) is 36.1 Å². The van der Waals surface area contributed by atoms with Gasteiger partial charge in [0.25, 0.3) is 5.91 Å². The Balaban J connectivity index is 1.39. The van der Waals surface area contributed by atoms with E-state index >= 15 is 8.42 Å². The lowest BCUT2D eigenvalue weighted by Gasteiger charge is -2.35. The molecule has 1 aliphatic carbocycles. The zero-order valence-electron chi connectivity index (χ0n) is 35.5. The van der Waals surface area contributed by atoms with Gasteiger partial charge in [-0.2, -0.15) is 13.2 Å². The number of allylic oxidation sites excluding steroid dienone is 2. The van der Waals surface area contributed by atoms with E-state index in [1.54, 1.807) is 0 Å². The average Bonchev–Trinajstić information content (AvgIpc) is 3.26. The normalized spacial score (nSPS) is 17.2. The van der Waals surface area contributed by atoms with Crippen molar-refractivity contribution in [3.8, 4) is 11.5 Å². The molecule has 4 aromatic rings. The van der Waals surface area contributed by atoms with Crippen LogP contribution in [0.3, 0.4) is 0 Å². The Kier molecular flexibility index (Phi) is 14.1. The SMILES string of the molecule is CC1(C)CCC(Cc2cc(S(=O)(=O)c3ccc(C(N)=O)c(Oc4ccc(NCC(F)(F)F)nc4)c3)c([N+](=O)[O-])c(N3CCNCC3)c2NCC2CCOCC2)=C(c2ccc(Cl)cc2)C1. The lowest BCUT2D eigenvalue weighted by atomic mass is 9.71. The number of alkyl halides is 3. The minimum absolute atomic E-state index is 0.0303. The van der Waals surface area contributed by atoms with Gasteiger partial charge in [0.05, 0.1) is 27.3 Å². The van der Waals surface area contributed by atoms with Gasteiger partial charge in [-0.1, -0.05) is 43.2 Å². The van der Waals surface area contributed by atoms with Crippen LogP contribution in [-0.2, 0) is 21.0 Å². The molecule has 1 amide bonds. The summed E-state index contributed by atoms with van der Waals surface area (Å²) in [5.74, 6) is -1.23. The number of carbonyl (C=O) groups excluding carboxylic acids is 1. The topological polar surface area (TPSA) is 191 Å². The molecule has 2 aliphatic heterocycles. The molecule has 2 fully saturated rings. The Morgan fingerprint density at radius 2 is 1.80 bits per heavy atom. The molecule has 19 heteroatoms. The summed E-state index contributed by atoms with van der Waals surface area (Å²) in [4.78, 5) is 30.3. The van der Waals surface area contributed by atoms with Crippen molar-refractivity contribution >= 4 is 55.8 Å². The highest BCUT2D eigenvalue weighted by molar-refractivity contribution is 7.91. The van der Waals surface area contributed by atoms with Gasteiger partial charge in [-0.3, -0.25) is 14.9 Å². The summed E-state index contributed by atoms with van der Waals surface area (Å²) in [6.07, 6.45) is 0.790. The Labute approximate surface area is 374 Å². The van der Waals surface area contributed by atoms with Gasteiger partial charge in [0, 0.05) is 57.0 Å².